The summed E-state index contributed by atoms with van der Waals surface area (Å²) in [6.45, 7) is 5.11. The van der Waals surface area contributed by atoms with Crippen LogP contribution in [-0.2, 0) is 23.7 Å². The van der Waals surface area contributed by atoms with Gasteiger partial charge in [0, 0.05) is 11.8 Å². The van der Waals surface area contributed by atoms with Crippen LogP contribution in [0.3, 0.4) is 0 Å². The van der Waals surface area contributed by atoms with E-state index in [4.69, 9.17) is 61.1 Å². The summed E-state index contributed by atoms with van der Waals surface area (Å²) in [5.41, 5.74) is 0.821. The highest BCUT2D eigenvalue weighted by Gasteiger charge is 2.47. The lowest BCUT2D eigenvalue weighted by Crippen LogP contribution is -2.57. The van der Waals surface area contributed by atoms with Crippen LogP contribution in [0.25, 0.3) is 0 Å². The molecule has 4 aromatic carbocycles. The molecule has 10 atom stereocenters. The van der Waals surface area contributed by atoms with Crippen molar-refractivity contribution in [2.45, 2.75) is 76.4 Å². The van der Waals surface area contributed by atoms with Gasteiger partial charge in [0.05, 0.1) is 56.1 Å². The molecule has 0 amide bonds. The summed E-state index contributed by atoms with van der Waals surface area (Å²) >= 11 is 9.55. The van der Waals surface area contributed by atoms with E-state index in [9.17, 15) is 29.7 Å². The van der Waals surface area contributed by atoms with Crippen LogP contribution >= 0.6 is 23.2 Å². The van der Waals surface area contributed by atoms with Crippen molar-refractivity contribution in [2.24, 2.45) is 11.8 Å². The van der Waals surface area contributed by atoms with Crippen LogP contribution in [0.4, 0.5) is 0 Å². The molecule has 2 aliphatic heterocycles. The van der Waals surface area contributed by atoms with E-state index in [1.165, 1.54) is 0 Å². The predicted molar refractivity (Wildman–Crippen MR) is 225 cm³/mol. The van der Waals surface area contributed by atoms with E-state index < -0.39 is 72.3 Å². The summed E-state index contributed by atoms with van der Waals surface area (Å²) in [5, 5.41) is 30.0. The molecule has 0 spiro atoms. The molecule has 16 heteroatoms. The van der Waals surface area contributed by atoms with Gasteiger partial charge in [-0.25, -0.2) is 9.59 Å². The van der Waals surface area contributed by atoms with Crippen molar-refractivity contribution in [3.8, 4) is 23.0 Å². The Morgan fingerprint density at radius 2 is 0.951 bits per heavy atom. The second-order valence-corrected chi connectivity index (χ2v) is 14.6. The van der Waals surface area contributed by atoms with Gasteiger partial charge in [0.2, 0.25) is 17.8 Å². The number of aliphatic hydroxyl groups excluding tert-OH is 3. The van der Waals surface area contributed by atoms with Gasteiger partial charge >= 0.3 is 11.9 Å². The normalized spacial score (nSPS) is 25.5. The second-order valence-electron chi connectivity index (χ2n) is 13.9. The zero-order chi connectivity index (χ0) is 44.5. The van der Waals surface area contributed by atoms with Gasteiger partial charge in [-0.2, -0.15) is 0 Å². The van der Waals surface area contributed by atoms with Crippen LogP contribution in [0.5, 0.6) is 23.0 Å². The van der Waals surface area contributed by atoms with Gasteiger partial charge in [0.15, 0.2) is 12.2 Å². The van der Waals surface area contributed by atoms with Crippen molar-refractivity contribution in [2.75, 3.05) is 26.7 Å². The standard InChI is InChI=1S/C22H26O6.C21H24O7.C2H2Cl2O/c1-4-18-19(23)14(2)20(28-21(24)15-8-6-5-7-9-15)22(27-18)26-17-12-10-16(25-3)11-13-17;1-13-18(23)17(12-22)27-21(26-16-10-8-15(25-2)9-11-16)19(13)28-20(24)14-6-4-3-5-7-14;3-1-2(4)5/h5-14,18-20,22-23H,4H2,1-3H3;3-11,13,17-19,21-23H,12H2,1-2H3;1H2/t14-,18?,19-,20?,22+;13-,17?,18-,19?,21+;/m00./s1. The first-order valence-corrected chi connectivity index (χ1v) is 20.4. The Balaban J connectivity index is 0.000000242. The van der Waals surface area contributed by atoms with Crippen molar-refractivity contribution in [3.63, 3.8) is 0 Å². The number of carbonyl (C=O) groups is 3. The lowest BCUT2D eigenvalue weighted by Gasteiger charge is -2.42. The third kappa shape index (κ3) is 14.0. The first kappa shape index (κ1) is 48.7. The van der Waals surface area contributed by atoms with Crippen LogP contribution in [0.1, 0.15) is 47.9 Å². The van der Waals surface area contributed by atoms with Crippen LogP contribution < -0.4 is 18.9 Å². The summed E-state index contributed by atoms with van der Waals surface area (Å²) in [6.07, 6.45) is -5.83. The van der Waals surface area contributed by atoms with Gasteiger partial charge in [-0.15, -0.1) is 11.6 Å². The Hall–Kier alpha value is -4.93. The van der Waals surface area contributed by atoms with Gasteiger partial charge < -0.3 is 53.2 Å². The SMILES string of the molecule is CCC1O[C@@H](Oc2ccc(OC)cc2)C(OC(=O)c2ccccc2)[C@@H](C)[C@@H]1O.COc1ccc(O[C@@H]2OC(CO)[C@@H](O)[C@H](C)C2OC(=O)c2ccccc2)cc1.O=C(Cl)CCl. The number of carbonyl (C=O) groups excluding carboxylic acids is 3. The minimum absolute atomic E-state index is 0.0957. The lowest BCUT2D eigenvalue weighted by molar-refractivity contribution is -0.260. The van der Waals surface area contributed by atoms with E-state index in [0.29, 0.717) is 40.5 Å². The van der Waals surface area contributed by atoms with Crippen molar-refractivity contribution in [3.05, 3.63) is 120 Å². The predicted octanol–water partition coefficient (Wildman–Crippen LogP) is 6.44. The molecular formula is C45H52Cl2O14. The number of alkyl halides is 1. The Labute approximate surface area is 365 Å². The van der Waals surface area contributed by atoms with Gasteiger partial charge in [-0.05, 0) is 90.8 Å². The van der Waals surface area contributed by atoms with Gasteiger partial charge in [-0.1, -0.05) is 57.2 Å². The Morgan fingerprint density at radius 1 is 0.607 bits per heavy atom. The van der Waals surface area contributed by atoms with E-state index >= 15 is 0 Å². The maximum atomic E-state index is 12.6. The van der Waals surface area contributed by atoms with Crippen molar-refractivity contribution < 1.29 is 67.6 Å². The summed E-state index contributed by atoms with van der Waals surface area (Å²) in [4.78, 5) is 34.5. The molecule has 2 saturated heterocycles. The molecule has 3 N–H and O–H groups in total. The molecule has 0 aromatic heterocycles. The Bertz CT molecular complexity index is 1790. The van der Waals surface area contributed by atoms with E-state index in [-0.39, 0.29) is 18.4 Å². The van der Waals surface area contributed by atoms with Crippen LogP contribution in [0.2, 0.25) is 0 Å². The molecule has 4 aromatic rings. The largest absolute Gasteiger partial charge is 0.497 e. The molecule has 6 rings (SSSR count). The number of benzene rings is 4. The zero-order valence-corrected chi connectivity index (χ0v) is 35.9. The number of halogens is 2. The molecular weight excluding hydrogens is 835 g/mol. The van der Waals surface area contributed by atoms with Crippen LogP contribution in [0.15, 0.2) is 109 Å². The number of hydrogen-bond acceptors (Lipinski definition) is 14. The Kier molecular flexibility index (Phi) is 19.6. The van der Waals surface area contributed by atoms with E-state index in [0.717, 1.165) is 0 Å². The van der Waals surface area contributed by atoms with Crippen LogP contribution in [-0.4, -0.2) is 108 Å². The number of methoxy groups -OCH3 is 2. The minimum atomic E-state index is -1.01. The van der Waals surface area contributed by atoms with Crippen molar-refractivity contribution >= 4 is 40.4 Å². The lowest BCUT2D eigenvalue weighted by atomic mass is 9.89. The quantitative estimate of drug-likeness (QED) is 0.0757. The van der Waals surface area contributed by atoms with Crippen molar-refractivity contribution in [1.29, 1.82) is 0 Å². The molecule has 0 radical (unpaired) electrons. The fraction of sp³-hybridized carbons (Fsp3) is 0.400. The maximum absolute atomic E-state index is 12.6. The molecule has 14 nitrogen and oxygen atoms in total. The third-order valence-corrected chi connectivity index (χ3v) is 10.4. The smallest absolute Gasteiger partial charge is 0.338 e. The summed E-state index contributed by atoms with van der Waals surface area (Å²) < 4.78 is 45.1. The molecule has 330 valence electrons. The van der Waals surface area contributed by atoms with Crippen LogP contribution in [0, 0.1) is 11.8 Å². The third-order valence-electron chi connectivity index (χ3n) is 9.85. The summed E-state index contributed by atoms with van der Waals surface area (Å²) in [5.74, 6) is 0.431. The Morgan fingerprint density at radius 3 is 1.28 bits per heavy atom. The fourth-order valence-corrected chi connectivity index (χ4v) is 6.33. The average Bonchev–Trinajstić information content (AvgIpc) is 3.29. The fourth-order valence-electron chi connectivity index (χ4n) is 6.33. The maximum Gasteiger partial charge on any atom is 0.338 e. The van der Waals surface area contributed by atoms with E-state index in [1.807, 2.05) is 19.9 Å². The molecule has 61 heavy (non-hydrogen) atoms. The molecule has 2 aliphatic rings. The molecule has 2 heterocycles. The molecule has 0 bridgehead atoms. The first-order chi connectivity index (χ1) is 29.3. The molecule has 0 saturated carbocycles. The molecule has 0 aliphatic carbocycles. The molecule has 4 unspecified atom stereocenters. The van der Waals surface area contributed by atoms with Gasteiger partial charge in [-0.3, -0.25) is 4.79 Å². The highest BCUT2D eigenvalue weighted by Crippen LogP contribution is 2.33. The van der Waals surface area contributed by atoms with E-state index in [1.54, 1.807) is 124 Å². The minimum Gasteiger partial charge on any atom is -0.497 e. The summed E-state index contributed by atoms with van der Waals surface area (Å²) in [6, 6.07) is 31.2. The molecule has 2 fully saturated rings. The topological polar surface area (TPSA) is 186 Å². The number of hydrogen-bond donors (Lipinski definition) is 3. The van der Waals surface area contributed by atoms with E-state index in [2.05, 4.69) is 0 Å². The second kappa shape index (κ2) is 24.5. The van der Waals surface area contributed by atoms with Gasteiger partial charge in [0.1, 0.15) is 29.1 Å². The number of rotatable bonds is 13. The number of esters is 2. The number of aliphatic hydroxyl groups is 3. The number of ether oxygens (including phenoxy) is 8. The monoisotopic (exact) mass is 886 g/mol. The first-order valence-electron chi connectivity index (χ1n) is 19.5. The summed E-state index contributed by atoms with van der Waals surface area (Å²) in [7, 11) is 3.15. The highest BCUT2D eigenvalue weighted by atomic mass is 35.5. The van der Waals surface area contributed by atoms with Crippen molar-refractivity contribution in [1.82, 2.24) is 0 Å². The highest BCUT2D eigenvalue weighted by molar-refractivity contribution is 6.67. The zero-order valence-electron chi connectivity index (χ0n) is 34.4. The van der Waals surface area contributed by atoms with Gasteiger partial charge in [0.25, 0.3) is 0 Å². The average molecular weight is 888 g/mol.